The van der Waals surface area contributed by atoms with Crippen LogP contribution in [0.15, 0.2) is 29.6 Å². The zero-order valence-electron chi connectivity index (χ0n) is 16.3. The van der Waals surface area contributed by atoms with Crippen LogP contribution in [0.25, 0.3) is 0 Å². The Balaban J connectivity index is 1.47. The van der Waals surface area contributed by atoms with Gasteiger partial charge < -0.3 is 14.8 Å². The van der Waals surface area contributed by atoms with E-state index in [0.717, 1.165) is 30.0 Å². The molecule has 1 fully saturated rings. The monoisotopic (exact) mass is 402 g/mol. The number of ether oxygens (including phenoxy) is 2. The number of amides is 1. The van der Waals surface area contributed by atoms with Gasteiger partial charge >= 0.3 is 5.97 Å². The Morgan fingerprint density at radius 2 is 2.11 bits per heavy atom. The van der Waals surface area contributed by atoms with Gasteiger partial charge in [0.2, 0.25) is 0 Å². The predicted octanol–water partition coefficient (Wildman–Crippen LogP) is 3.88. The molecule has 2 aromatic rings. The Labute approximate surface area is 169 Å². The van der Waals surface area contributed by atoms with Crippen LogP contribution in [0.4, 0.5) is 0 Å². The van der Waals surface area contributed by atoms with Crippen molar-refractivity contribution in [3.05, 3.63) is 45.9 Å². The van der Waals surface area contributed by atoms with Crippen molar-refractivity contribution in [1.29, 1.82) is 0 Å². The summed E-state index contributed by atoms with van der Waals surface area (Å²) < 4.78 is 10.9. The van der Waals surface area contributed by atoms with Crippen molar-refractivity contribution in [1.82, 2.24) is 10.3 Å². The van der Waals surface area contributed by atoms with Crippen molar-refractivity contribution in [3.8, 4) is 5.75 Å². The fourth-order valence-electron chi connectivity index (χ4n) is 3.34. The fraction of sp³-hybridized carbons (Fsp3) is 0.476. The Hall–Kier alpha value is -2.41. The predicted molar refractivity (Wildman–Crippen MR) is 107 cm³/mol. The first-order valence-electron chi connectivity index (χ1n) is 9.61. The molecule has 1 N–H and O–H groups in total. The van der Waals surface area contributed by atoms with Crippen molar-refractivity contribution < 1.29 is 19.1 Å². The third-order valence-electron chi connectivity index (χ3n) is 4.92. The third-order valence-corrected chi connectivity index (χ3v) is 5.74. The summed E-state index contributed by atoms with van der Waals surface area (Å²) >= 11 is 1.57. The van der Waals surface area contributed by atoms with Crippen molar-refractivity contribution in [2.45, 2.75) is 52.2 Å². The van der Waals surface area contributed by atoms with E-state index in [4.69, 9.17) is 9.47 Å². The summed E-state index contributed by atoms with van der Waals surface area (Å²) in [6.45, 7) is 4.15. The van der Waals surface area contributed by atoms with E-state index in [-0.39, 0.29) is 18.6 Å². The molecule has 7 heteroatoms. The lowest BCUT2D eigenvalue weighted by Crippen LogP contribution is -2.42. The third kappa shape index (κ3) is 5.79. The molecule has 2 unspecified atom stereocenters. The number of esters is 1. The van der Waals surface area contributed by atoms with Gasteiger partial charge in [-0.25, -0.2) is 9.78 Å². The minimum Gasteiger partial charge on any atom is -0.487 e. The van der Waals surface area contributed by atoms with Crippen molar-refractivity contribution in [2.75, 3.05) is 6.61 Å². The van der Waals surface area contributed by atoms with Crippen LogP contribution in [0.3, 0.4) is 0 Å². The molecule has 1 heterocycles. The number of hydrogen-bond acceptors (Lipinski definition) is 6. The molecule has 1 saturated carbocycles. The molecule has 3 rings (SSSR count). The standard InChI is InChI=1S/C21H26N2O4S/c1-14-6-3-4-9-19(14)23-20(24)12-27-21(25)16-7-5-8-18(10-16)26-11-17-13-28-15(2)22-17/h5,7-8,10,13-14,19H,3-4,6,9,11-12H2,1-2H3,(H,23,24). The van der Waals surface area contributed by atoms with Gasteiger partial charge in [0.1, 0.15) is 12.4 Å². The molecule has 2 atom stereocenters. The van der Waals surface area contributed by atoms with E-state index in [1.807, 2.05) is 12.3 Å². The van der Waals surface area contributed by atoms with Crippen molar-refractivity contribution in [2.24, 2.45) is 5.92 Å². The van der Waals surface area contributed by atoms with Gasteiger partial charge in [0, 0.05) is 11.4 Å². The molecule has 1 aromatic heterocycles. The molecule has 0 saturated heterocycles. The Bertz CT molecular complexity index is 820. The smallest absolute Gasteiger partial charge is 0.338 e. The molecule has 0 radical (unpaired) electrons. The number of thiazole rings is 1. The average molecular weight is 403 g/mol. The summed E-state index contributed by atoms with van der Waals surface area (Å²) in [5.41, 5.74) is 1.20. The van der Waals surface area contributed by atoms with Crippen LogP contribution in [0.1, 0.15) is 53.7 Å². The molecule has 1 amide bonds. The first-order valence-corrected chi connectivity index (χ1v) is 10.5. The number of nitrogens with one attached hydrogen (secondary N) is 1. The van der Waals surface area contributed by atoms with Crippen molar-refractivity contribution in [3.63, 3.8) is 0 Å². The van der Waals surface area contributed by atoms with E-state index in [1.54, 1.807) is 35.6 Å². The number of rotatable bonds is 7. The lowest BCUT2D eigenvalue weighted by molar-refractivity contribution is -0.125. The average Bonchev–Trinajstić information content (AvgIpc) is 3.12. The maximum atomic E-state index is 12.3. The number of carbonyl (C=O) groups excluding carboxylic acids is 2. The quantitative estimate of drug-likeness (QED) is 0.711. The highest BCUT2D eigenvalue weighted by atomic mass is 32.1. The second-order valence-electron chi connectivity index (χ2n) is 7.19. The van der Waals surface area contributed by atoms with Crippen LogP contribution in [0, 0.1) is 12.8 Å². The number of aryl methyl sites for hydroxylation is 1. The molecule has 1 aliphatic carbocycles. The van der Waals surface area contributed by atoms with Gasteiger partial charge in [-0.05, 0) is 43.9 Å². The van der Waals surface area contributed by atoms with E-state index < -0.39 is 5.97 Å². The van der Waals surface area contributed by atoms with Gasteiger partial charge in [0.25, 0.3) is 5.91 Å². The van der Waals surface area contributed by atoms with Crippen LogP contribution in [0.5, 0.6) is 5.75 Å². The number of nitrogens with zero attached hydrogens (tertiary/aromatic N) is 1. The second kappa shape index (κ2) is 9.68. The summed E-state index contributed by atoms with van der Waals surface area (Å²) in [6.07, 6.45) is 4.45. The fourth-order valence-corrected chi connectivity index (χ4v) is 3.94. The van der Waals surface area contributed by atoms with Crippen LogP contribution in [0.2, 0.25) is 0 Å². The summed E-state index contributed by atoms with van der Waals surface area (Å²) in [6, 6.07) is 6.92. The highest BCUT2D eigenvalue weighted by Gasteiger charge is 2.23. The van der Waals surface area contributed by atoms with Crippen LogP contribution < -0.4 is 10.1 Å². The Morgan fingerprint density at radius 1 is 1.29 bits per heavy atom. The Kier molecular flexibility index (Phi) is 7.03. The zero-order valence-corrected chi connectivity index (χ0v) is 17.1. The lowest BCUT2D eigenvalue weighted by Gasteiger charge is -2.29. The second-order valence-corrected chi connectivity index (χ2v) is 8.25. The van der Waals surface area contributed by atoms with Crippen LogP contribution in [-0.2, 0) is 16.1 Å². The molecular formula is C21H26N2O4S. The van der Waals surface area contributed by atoms with Gasteiger partial charge in [-0.15, -0.1) is 11.3 Å². The van der Waals surface area contributed by atoms with E-state index in [2.05, 4.69) is 17.2 Å². The number of hydrogen-bond donors (Lipinski definition) is 1. The maximum absolute atomic E-state index is 12.3. The van der Waals surface area contributed by atoms with E-state index >= 15 is 0 Å². The first kappa shape index (κ1) is 20.3. The van der Waals surface area contributed by atoms with E-state index in [0.29, 0.717) is 23.8 Å². The van der Waals surface area contributed by atoms with Gasteiger partial charge in [-0.1, -0.05) is 25.8 Å². The summed E-state index contributed by atoms with van der Waals surface area (Å²) in [5.74, 6) is 0.226. The topological polar surface area (TPSA) is 77.5 Å². The van der Waals surface area contributed by atoms with Crippen molar-refractivity contribution >= 4 is 23.2 Å². The lowest BCUT2D eigenvalue weighted by atomic mass is 9.86. The number of aromatic nitrogens is 1. The van der Waals surface area contributed by atoms with Gasteiger partial charge in [0.15, 0.2) is 6.61 Å². The molecule has 1 aliphatic rings. The van der Waals surface area contributed by atoms with Crippen LogP contribution in [-0.4, -0.2) is 29.5 Å². The largest absolute Gasteiger partial charge is 0.487 e. The number of benzene rings is 1. The van der Waals surface area contributed by atoms with E-state index in [9.17, 15) is 9.59 Å². The number of carbonyl (C=O) groups is 2. The van der Waals surface area contributed by atoms with Crippen LogP contribution >= 0.6 is 11.3 Å². The molecule has 0 bridgehead atoms. The first-order chi connectivity index (χ1) is 13.5. The molecular weight excluding hydrogens is 376 g/mol. The summed E-state index contributed by atoms with van der Waals surface area (Å²) in [4.78, 5) is 28.7. The molecule has 0 spiro atoms. The van der Waals surface area contributed by atoms with E-state index in [1.165, 1.54) is 6.42 Å². The summed E-state index contributed by atoms with van der Waals surface area (Å²) in [7, 11) is 0. The van der Waals surface area contributed by atoms with Gasteiger partial charge in [-0.3, -0.25) is 4.79 Å². The maximum Gasteiger partial charge on any atom is 0.338 e. The Morgan fingerprint density at radius 3 is 2.86 bits per heavy atom. The molecule has 150 valence electrons. The highest BCUT2D eigenvalue weighted by molar-refractivity contribution is 7.09. The molecule has 6 nitrogen and oxygen atoms in total. The SMILES string of the molecule is Cc1nc(COc2cccc(C(=O)OCC(=O)NC3CCCCC3C)c2)cs1. The molecule has 28 heavy (non-hydrogen) atoms. The minimum absolute atomic E-state index is 0.172. The molecule has 0 aliphatic heterocycles. The minimum atomic E-state index is -0.540. The zero-order chi connectivity index (χ0) is 19.9. The van der Waals surface area contributed by atoms with Gasteiger partial charge in [0.05, 0.1) is 16.3 Å². The normalized spacial score (nSPS) is 19.1. The van der Waals surface area contributed by atoms with Gasteiger partial charge in [-0.2, -0.15) is 0 Å². The summed E-state index contributed by atoms with van der Waals surface area (Å²) in [5, 5.41) is 5.91. The highest BCUT2D eigenvalue weighted by Crippen LogP contribution is 2.23. The molecule has 1 aromatic carbocycles.